The first-order valence-electron chi connectivity index (χ1n) is 9.97. The van der Waals surface area contributed by atoms with E-state index in [9.17, 15) is 18.0 Å². The Balaban J connectivity index is 1.74. The summed E-state index contributed by atoms with van der Waals surface area (Å²) >= 11 is 0. The predicted molar refractivity (Wildman–Crippen MR) is 120 cm³/mol. The minimum Gasteiger partial charge on any atom is -0.467 e. The van der Waals surface area contributed by atoms with Crippen molar-refractivity contribution in [2.24, 2.45) is 0 Å². The highest BCUT2D eigenvalue weighted by Gasteiger charge is 2.19. The number of nitrogens with zero attached hydrogens (tertiary/aromatic N) is 1. The van der Waals surface area contributed by atoms with Crippen LogP contribution >= 0.6 is 0 Å². The van der Waals surface area contributed by atoms with Crippen LogP contribution < -0.4 is 9.50 Å². The monoisotopic (exact) mass is 472 g/mol. The molecule has 3 rings (SSSR count). The van der Waals surface area contributed by atoms with Gasteiger partial charge in [0.2, 0.25) is 11.8 Å². The van der Waals surface area contributed by atoms with Crippen LogP contribution in [0, 0.1) is 0 Å². The van der Waals surface area contributed by atoms with E-state index < -0.39 is 10.1 Å². The van der Waals surface area contributed by atoms with E-state index >= 15 is 0 Å². The van der Waals surface area contributed by atoms with Crippen molar-refractivity contribution in [2.75, 3.05) is 19.0 Å². The van der Waals surface area contributed by atoms with Gasteiger partial charge in [0, 0.05) is 26.3 Å². The molecule has 0 radical (unpaired) electrons. The lowest BCUT2D eigenvalue weighted by Gasteiger charge is -2.22. The van der Waals surface area contributed by atoms with Gasteiger partial charge in [-0.1, -0.05) is 12.1 Å². The van der Waals surface area contributed by atoms with Crippen molar-refractivity contribution in [3.63, 3.8) is 0 Å². The van der Waals surface area contributed by atoms with Gasteiger partial charge in [0.25, 0.3) is 0 Å². The smallest absolute Gasteiger partial charge is 0.339 e. The molecular formula is C23H24N2O7S. The van der Waals surface area contributed by atoms with Crippen molar-refractivity contribution >= 4 is 27.6 Å². The van der Waals surface area contributed by atoms with Gasteiger partial charge in [-0.05, 0) is 54.1 Å². The number of benzene rings is 2. The van der Waals surface area contributed by atoms with E-state index in [-0.39, 0.29) is 42.2 Å². The van der Waals surface area contributed by atoms with E-state index in [0.29, 0.717) is 17.0 Å². The molecule has 0 spiro atoms. The van der Waals surface area contributed by atoms with Crippen molar-refractivity contribution in [1.82, 2.24) is 4.90 Å². The Morgan fingerprint density at radius 1 is 1.03 bits per heavy atom. The average Bonchev–Trinajstić information content (AvgIpc) is 3.26. The van der Waals surface area contributed by atoms with Crippen LogP contribution in [0.3, 0.4) is 0 Å². The van der Waals surface area contributed by atoms with Gasteiger partial charge < -0.3 is 23.6 Å². The first kappa shape index (κ1) is 24.0. The molecule has 0 saturated carbocycles. The van der Waals surface area contributed by atoms with Gasteiger partial charge in [0.05, 0.1) is 12.8 Å². The summed E-state index contributed by atoms with van der Waals surface area (Å²) < 4.78 is 40.9. The van der Waals surface area contributed by atoms with Crippen LogP contribution in [0.15, 0.2) is 76.2 Å². The zero-order chi connectivity index (χ0) is 23.8. The Kier molecular flexibility index (Phi) is 7.86. The normalized spacial score (nSPS) is 11.1. The number of ether oxygens (including phenoxy) is 1. The fourth-order valence-corrected chi connectivity index (χ4v) is 3.96. The zero-order valence-electron chi connectivity index (χ0n) is 18.2. The molecule has 33 heavy (non-hydrogen) atoms. The minimum atomic E-state index is -4.10. The molecule has 0 fully saturated rings. The highest BCUT2D eigenvalue weighted by atomic mass is 32.2. The predicted octanol–water partition coefficient (Wildman–Crippen LogP) is 3.18. The maximum Gasteiger partial charge on any atom is 0.339 e. The Hall–Kier alpha value is -3.63. The number of hydrogen-bond donors (Lipinski definition) is 1. The molecule has 0 aliphatic rings. The largest absolute Gasteiger partial charge is 0.467 e. The molecular weight excluding hydrogens is 448 g/mol. The van der Waals surface area contributed by atoms with Gasteiger partial charge in [0.15, 0.2) is 0 Å². The molecule has 0 aliphatic heterocycles. The molecule has 0 aliphatic carbocycles. The molecule has 1 aromatic heterocycles. The Bertz CT molecular complexity index is 1190. The van der Waals surface area contributed by atoms with Gasteiger partial charge >= 0.3 is 10.1 Å². The molecule has 9 nitrogen and oxygen atoms in total. The molecule has 2 aromatic carbocycles. The molecule has 1 heterocycles. The molecule has 0 atom stereocenters. The maximum absolute atomic E-state index is 12.7. The van der Waals surface area contributed by atoms with Crippen molar-refractivity contribution < 1.29 is 31.3 Å². The molecule has 0 unspecified atom stereocenters. The summed E-state index contributed by atoms with van der Waals surface area (Å²) in [6, 6.07) is 15.6. The number of rotatable bonds is 10. The summed E-state index contributed by atoms with van der Waals surface area (Å²) in [5.74, 6) is 0.212. The number of amides is 2. The summed E-state index contributed by atoms with van der Waals surface area (Å²) in [4.78, 5) is 25.1. The highest BCUT2D eigenvalue weighted by molar-refractivity contribution is 7.87. The van der Waals surface area contributed by atoms with Crippen molar-refractivity contribution in [3.05, 3.63) is 78.3 Å². The summed E-state index contributed by atoms with van der Waals surface area (Å²) in [5, 5.41) is 2.57. The van der Waals surface area contributed by atoms with Gasteiger partial charge in [-0.15, -0.1) is 0 Å². The summed E-state index contributed by atoms with van der Waals surface area (Å²) in [6.07, 6.45) is 1.52. The number of carbonyl (C=O) groups excluding carboxylic acids is 2. The summed E-state index contributed by atoms with van der Waals surface area (Å²) in [6.45, 7) is 1.70. The number of methoxy groups -OCH3 is 1. The molecule has 1 N–H and O–H groups in total. The third-order valence-electron chi connectivity index (χ3n) is 4.49. The Labute approximate surface area is 192 Å². The van der Waals surface area contributed by atoms with Crippen LogP contribution in [0.1, 0.15) is 18.2 Å². The summed E-state index contributed by atoms with van der Waals surface area (Å²) in [7, 11) is -2.66. The molecule has 2 amide bonds. The average molecular weight is 473 g/mol. The lowest BCUT2D eigenvalue weighted by atomic mass is 10.2. The second-order valence-corrected chi connectivity index (χ2v) is 8.70. The van der Waals surface area contributed by atoms with E-state index in [0.717, 1.165) is 0 Å². The number of nitrogens with one attached hydrogen (secondary N) is 1. The van der Waals surface area contributed by atoms with Crippen LogP contribution in [0.5, 0.6) is 5.75 Å². The first-order valence-corrected chi connectivity index (χ1v) is 11.4. The van der Waals surface area contributed by atoms with E-state index in [1.165, 1.54) is 55.5 Å². The molecule has 0 saturated heterocycles. The zero-order valence-corrected chi connectivity index (χ0v) is 19.0. The highest BCUT2D eigenvalue weighted by Crippen LogP contribution is 2.22. The van der Waals surface area contributed by atoms with Crippen LogP contribution in [-0.4, -0.2) is 38.8 Å². The SMILES string of the molecule is COCC(=O)N(Cc1cccc(OS(=O)(=O)c2ccc(NC(C)=O)cc2)c1)Cc1ccco1. The first-order chi connectivity index (χ1) is 15.8. The fourth-order valence-electron chi connectivity index (χ4n) is 3.04. The maximum atomic E-state index is 12.7. The number of anilines is 1. The van der Waals surface area contributed by atoms with Gasteiger partial charge in [-0.2, -0.15) is 8.42 Å². The van der Waals surface area contributed by atoms with Crippen LogP contribution in [0.4, 0.5) is 5.69 Å². The molecule has 3 aromatic rings. The Morgan fingerprint density at radius 3 is 2.42 bits per heavy atom. The number of carbonyl (C=O) groups is 2. The van der Waals surface area contributed by atoms with Crippen molar-refractivity contribution in [2.45, 2.75) is 24.9 Å². The minimum absolute atomic E-state index is 0.0586. The number of furan rings is 1. The quantitative estimate of drug-likeness (QED) is 0.451. The molecule has 10 heteroatoms. The molecule has 174 valence electrons. The summed E-state index contributed by atoms with van der Waals surface area (Å²) in [5.41, 5.74) is 1.14. The van der Waals surface area contributed by atoms with Crippen molar-refractivity contribution in [1.29, 1.82) is 0 Å². The second kappa shape index (κ2) is 10.8. The van der Waals surface area contributed by atoms with Crippen LogP contribution in [-0.2, 0) is 37.5 Å². The third kappa shape index (κ3) is 6.93. The van der Waals surface area contributed by atoms with E-state index in [4.69, 9.17) is 13.3 Å². The van der Waals surface area contributed by atoms with E-state index in [2.05, 4.69) is 5.32 Å². The third-order valence-corrected chi connectivity index (χ3v) is 5.75. The van der Waals surface area contributed by atoms with E-state index in [1.54, 1.807) is 30.3 Å². The number of hydrogen-bond acceptors (Lipinski definition) is 7. The van der Waals surface area contributed by atoms with Gasteiger partial charge in [0.1, 0.15) is 23.0 Å². The fraction of sp³-hybridized carbons (Fsp3) is 0.217. The van der Waals surface area contributed by atoms with Crippen molar-refractivity contribution in [3.8, 4) is 5.75 Å². The second-order valence-electron chi connectivity index (χ2n) is 7.15. The topological polar surface area (TPSA) is 115 Å². The van der Waals surface area contributed by atoms with Gasteiger partial charge in [-0.25, -0.2) is 0 Å². The van der Waals surface area contributed by atoms with Crippen LogP contribution in [0.25, 0.3) is 0 Å². The molecule has 0 bridgehead atoms. The van der Waals surface area contributed by atoms with Crippen LogP contribution in [0.2, 0.25) is 0 Å². The van der Waals surface area contributed by atoms with Gasteiger partial charge in [-0.3, -0.25) is 9.59 Å². The van der Waals surface area contributed by atoms with E-state index in [1.807, 2.05) is 0 Å². The Morgan fingerprint density at radius 2 is 1.79 bits per heavy atom. The lowest BCUT2D eigenvalue weighted by Crippen LogP contribution is -2.32. The lowest BCUT2D eigenvalue weighted by molar-refractivity contribution is -0.136. The standard InChI is InChI=1S/C23H24N2O7S/c1-17(26)24-19-8-10-22(11-9-19)33(28,29)32-20-6-3-5-18(13-20)14-25(23(27)16-30-2)15-21-7-4-12-31-21/h3-13H,14-16H2,1-2H3,(H,24,26).